The van der Waals surface area contributed by atoms with Crippen LogP contribution in [-0.2, 0) is 27.5 Å². The first-order chi connectivity index (χ1) is 16.3. The number of carbonyl (C=O) groups is 3. The number of unbranched alkanes of at least 4 members (excludes halogenated alkanes) is 1. The van der Waals surface area contributed by atoms with Gasteiger partial charge in [-0.1, -0.05) is 55.8 Å². The van der Waals surface area contributed by atoms with E-state index in [0.717, 1.165) is 57.4 Å². The van der Waals surface area contributed by atoms with Crippen LogP contribution >= 0.6 is 0 Å². The van der Waals surface area contributed by atoms with Crippen LogP contribution in [0.3, 0.4) is 0 Å². The number of amides is 1. The Hall–Kier alpha value is -3.39. The topological polar surface area (TPSA) is 118 Å². The number of aliphatic carboxylic acids is 2. The summed E-state index contributed by atoms with van der Waals surface area (Å²) in [5.41, 5.74) is 2.33. The molecule has 2 aromatic carbocycles. The number of phenolic OH excluding ortho intramolecular Hbond substituents is 1. The molecule has 1 fully saturated rings. The van der Waals surface area contributed by atoms with E-state index in [-0.39, 0.29) is 5.92 Å². The number of carbonyl (C=O) groups excluding carboxylic acids is 1. The zero-order valence-electron chi connectivity index (χ0n) is 19.6. The van der Waals surface area contributed by atoms with Crippen molar-refractivity contribution in [1.82, 2.24) is 9.80 Å². The van der Waals surface area contributed by atoms with Gasteiger partial charge in [-0.15, -0.1) is 0 Å². The van der Waals surface area contributed by atoms with Gasteiger partial charge >= 0.3 is 11.9 Å². The van der Waals surface area contributed by atoms with E-state index in [9.17, 15) is 9.90 Å². The fourth-order valence-corrected chi connectivity index (χ4v) is 3.93. The van der Waals surface area contributed by atoms with Gasteiger partial charge in [-0.05, 0) is 55.6 Å². The number of carboxylic acids is 2. The van der Waals surface area contributed by atoms with Gasteiger partial charge in [-0.25, -0.2) is 9.59 Å². The molecule has 184 valence electrons. The summed E-state index contributed by atoms with van der Waals surface area (Å²) in [6.07, 6.45) is 3.97. The highest BCUT2D eigenvalue weighted by atomic mass is 16.4. The Kier molecular flexibility index (Phi) is 11.1. The summed E-state index contributed by atoms with van der Waals surface area (Å²) in [6.45, 7) is 6.42. The number of nitrogens with zero attached hydrogens (tertiary/aromatic N) is 2. The van der Waals surface area contributed by atoms with Gasteiger partial charge in [-0.3, -0.25) is 9.69 Å². The average Bonchev–Trinajstić information content (AvgIpc) is 2.83. The lowest BCUT2D eigenvalue weighted by Gasteiger charge is -2.34. The van der Waals surface area contributed by atoms with Gasteiger partial charge in [-0.2, -0.15) is 0 Å². The van der Waals surface area contributed by atoms with Crippen LogP contribution in [-0.4, -0.2) is 62.6 Å². The molecule has 3 N–H and O–H groups in total. The number of aromatic hydroxyl groups is 1. The van der Waals surface area contributed by atoms with Crippen LogP contribution in [0.25, 0.3) is 0 Å². The first-order valence-corrected chi connectivity index (χ1v) is 11.6. The quantitative estimate of drug-likeness (QED) is 0.505. The number of likely N-dealkylation sites (tertiary alicyclic amines) is 1. The molecule has 1 amide bonds. The molecule has 0 saturated carbocycles. The van der Waals surface area contributed by atoms with Crippen LogP contribution in [0, 0.1) is 5.92 Å². The van der Waals surface area contributed by atoms with Crippen molar-refractivity contribution in [3.63, 3.8) is 0 Å². The van der Waals surface area contributed by atoms with Crippen molar-refractivity contribution < 1.29 is 29.7 Å². The summed E-state index contributed by atoms with van der Waals surface area (Å²) in [5, 5.41) is 24.4. The normalized spacial score (nSPS) is 14.0. The molecule has 34 heavy (non-hydrogen) atoms. The maximum Gasteiger partial charge on any atom is 0.414 e. The first kappa shape index (κ1) is 26.9. The number of carboxylic acid groups (broad SMARTS) is 2. The third-order valence-corrected chi connectivity index (χ3v) is 5.75. The van der Waals surface area contributed by atoms with E-state index in [2.05, 4.69) is 28.9 Å². The lowest BCUT2D eigenvalue weighted by Crippen LogP contribution is -2.42. The second-order valence-corrected chi connectivity index (χ2v) is 8.43. The molecule has 1 aliphatic heterocycles. The minimum absolute atomic E-state index is 0.126. The van der Waals surface area contributed by atoms with Crippen molar-refractivity contribution in [3.05, 3.63) is 65.7 Å². The standard InChI is InChI=1S/C24H32N2O2.C2H2O4/c1-2-3-14-26(19-20-8-5-4-6-9-20)24(28)22-12-15-25(16-13-22)18-21-10-7-11-23(27)17-21;3-1(4)2(5)6/h4-11,17,22,27H,2-3,12-16,18-19H2,1H3;(H,3,4)(H,5,6). The van der Waals surface area contributed by atoms with E-state index >= 15 is 0 Å². The average molecular weight is 471 g/mol. The van der Waals surface area contributed by atoms with E-state index in [4.69, 9.17) is 19.8 Å². The molecule has 0 radical (unpaired) electrons. The molecule has 8 heteroatoms. The van der Waals surface area contributed by atoms with Gasteiger partial charge in [0.05, 0.1) is 0 Å². The highest BCUT2D eigenvalue weighted by Crippen LogP contribution is 2.23. The monoisotopic (exact) mass is 470 g/mol. The van der Waals surface area contributed by atoms with Gasteiger partial charge < -0.3 is 20.2 Å². The van der Waals surface area contributed by atoms with Crippen molar-refractivity contribution in [2.45, 2.75) is 45.7 Å². The van der Waals surface area contributed by atoms with Crippen LogP contribution < -0.4 is 0 Å². The van der Waals surface area contributed by atoms with E-state index in [1.807, 2.05) is 36.4 Å². The summed E-state index contributed by atoms with van der Waals surface area (Å²) in [5.74, 6) is -2.89. The predicted octanol–water partition coefficient (Wildman–Crippen LogP) is 3.59. The zero-order chi connectivity index (χ0) is 24.9. The molecule has 0 bridgehead atoms. The Balaban J connectivity index is 0.000000604. The molecule has 0 atom stereocenters. The van der Waals surface area contributed by atoms with Crippen LogP contribution in [0.2, 0.25) is 0 Å². The SMILES string of the molecule is CCCCN(Cc1ccccc1)C(=O)C1CCN(Cc2cccc(O)c2)CC1.O=C(O)C(=O)O. The number of piperidine rings is 1. The third-order valence-electron chi connectivity index (χ3n) is 5.75. The summed E-state index contributed by atoms with van der Waals surface area (Å²) in [7, 11) is 0. The van der Waals surface area contributed by atoms with E-state index < -0.39 is 11.9 Å². The summed E-state index contributed by atoms with van der Waals surface area (Å²) in [4.78, 5) is 35.8. The van der Waals surface area contributed by atoms with Gasteiger partial charge in [0.25, 0.3) is 0 Å². The first-order valence-electron chi connectivity index (χ1n) is 11.6. The Bertz CT molecular complexity index is 914. The number of rotatable bonds is 8. The number of hydrogen-bond acceptors (Lipinski definition) is 5. The van der Waals surface area contributed by atoms with Gasteiger partial charge in [0.1, 0.15) is 5.75 Å². The second-order valence-electron chi connectivity index (χ2n) is 8.43. The molecule has 2 aromatic rings. The molecule has 0 aromatic heterocycles. The number of hydrogen-bond donors (Lipinski definition) is 3. The van der Waals surface area contributed by atoms with E-state index in [1.165, 1.54) is 5.56 Å². The van der Waals surface area contributed by atoms with Crippen LogP contribution in [0.4, 0.5) is 0 Å². The molecular weight excluding hydrogens is 436 g/mol. The van der Waals surface area contributed by atoms with Gasteiger partial charge in [0.15, 0.2) is 0 Å². The Morgan fingerprint density at radius 1 is 0.941 bits per heavy atom. The third kappa shape index (κ3) is 9.23. The lowest BCUT2D eigenvalue weighted by molar-refractivity contribution is -0.159. The maximum atomic E-state index is 13.2. The molecule has 0 aliphatic carbocycles. The molecule has 8 nitrogen and oxygen atoms in total. The van der Waals surface area contributed by atoms with Crippen LogP contribution in [0.15, 0.2) is 54.6 Å². The fraction of sp³-hybridized carbons (Fsp3) is 0.423. The van der Waals surface area contributed by atoms with E-state index in [1.54, 1.807) is 6.07 Å². The molecule has 3 rings (SSSR count). The Morgan fingerprint density at radius 2 is 1.56 bits per heavy atom. The minimum atomic E-state index is -1.82. The Morgan fingerprint density at radius 3 is 2.12 bits per heavy atom. The van der Waals surface area contributed by atoms with Crippen LogP contribution in [0.5, 0.6) is 5.75 Å². The van der Waals surface area contributed by atoms with Crippen molar-refractivity contribution in [3.8, 4) is 5.75 Å². The molecule has 1 heterocycles. The molecule has 1 saturated heterocycles. The smallest absolute Gasteiger partial charge is 0.414 e. The summed E-state index contributed by atoms with van der Waals surface area (Å²) >= 11 is 0. The summed E-state index contributed by atoms with van der Waals surface area (Å²) < 4.78 is 0. The number of phenols is 1. The van der Waals surface area contributed by atoms with Gasteiger partial charge in [0, 0.05) is 25.6 Å². The number of benzene rings is 2. The van der Waals surface area contributed by atoms with Crippen molar-refractivity contribution >= 4 is 17.8 Å². The van der Waals surface area contributed by atoms with Crippen LogP contribution in [0.1, 0.15) is 43.7 Å². The lowest BCUT2D eigenvalue weighted by atomic mass is 9.94. The fourth-order valence-electron chi connectivity index (χ4n) is 3.93. The minimum Gasteiger partial charge on any atom is -0.508 e. The predicted molar refractivity (Wildman–Crippen MR) is 128 cm³/mol. The van der Waals surface area contributed by atoms with Crippen molar-refractivity contribution in [2.75, 3.05) is 19.6 Å². The molecule has 0 unspecified atom stereocenters. The molecule has 1 aliphatic rings. The van der Waals surface area contributed by atoms with Gasteiger partial charge in [0.2, 0.25) is 5.91 Å². The molecular formula is C26H34N2O6. The summed E-state index contributed by atoms with van der Waals surface area (Å²) in [6, 6.07) is 17.8. The van der Waals surface area contributed by atoms with Crippen molar-refractivity contribution in [1.29, 1.82) is 0 Å². The second kappa shape index (κ2) is 14.0. The highest BCUT2D eigenvalue weighted by molar-refractivity contribution is 6.27. The Labute approximate surface area is 200 Å². The highest BCUT2D eigenvalue weighted by Gasteiger charge is 2.28. The zero-order valence-corrected chi connectivity index (χ0v) is 19.6. The maximum absolute atomic E-state index is 13.2. The van der Waals surface area contributed by atoms with E-state index in [0.29, 0.717) is 18.2 Å². The largest absolute Gasteiger partial charge is 0.508 e. The molecule has 0 spiro atoms. The van der Waals surface area contributed by atoms with Crippen molar-refractivity contribution in [2.24, 2.45) is 5.92 Å².